The molecule has 0 unspecified atom stereocenters. The number of hydrogen-bond donors (Lipinski definition) is 9. The van der Waals surface area contributed by atoms with Crippen LogP contribution in [0.1, 0.15) is 156 Å². The largest absolute Gasteiger partial charge is 0.386 e. The van der Waals surface area contributed by atoms with Crippen molar-refractivity contribution in [2.24, 2.45) is 17.2 Å². The molecule has 125 heavy (non-hydrogen) atoms. The van der Waals surface area contributed by atoms with Crippen LogP contribution in [0.5, 0.6) is 0 Å². The lowest BCUT2D eigenvalue weighted by Gasteiger charge is -2.20. The monoisotopic (exact) mass is 1700 g/mol. The Morgan fingerprint density at radius 1 is 0.360 bits per heavy atom. The predicted octanol–water partition coefficient (Wildman–Crippen LogP) is 15.8. The van der Waals surface area contributed by atoms with Crippen molar-refractivity contribution in [1.29, 1.82) is 0 Å². The number of benzene rings is 12. The summed E-state index contributed by atoms with van der Waals surface area (Å²) in [6.07, 6.45) is 1.04. The van der Waals surface area contributed by atoms with Crippen LogP contribution in [-0.2, 0) is 36.1 Å². The highest BCUT2D eigenvalue weighted by Gasteiger charge is 2.37. The number of aryl methyl sites for hydroxylation is 3. The molecule has 3 heterocycles. The summed E-state index contributed by atoms with van der Waals surface area (Å²) in [5.74, 6) is -4.85. The topological polar surface area (TPSA) is 355 Å². The van der Waals surface area contributed by atoms with Gasteiger partial charge in [-0.15, -0.1) is 0 Å². The SMILES string of the molecule is Cc1cc(F)c2[nH]c(=O)n(-c3cccc(-c4c(Cl)cc(C(N)=O)c5c4-c4ccc(C(C)(C)O)cc4C5)c3C)c(=O)c2c1.Cc1cc(F)c2[nH]c(=O)n(-c3cccc(-c4c(F)cc(C(N)=O)c5c4-c4ccc(C(C)(C)O)cc4C5)c3C)c(=O)c2c1.Cc1ccc2c(=O)n(-c3cccc(-c4c(F)cc(C(N)=O)c5c4-c4ccc(C(C)(C)O)cc4C5)c3C)c(=O)[nH]c2c1. The van der Waals surface area contributed by atoms with E-state index in [0.717, 1.165) is 70.3 Å². The van der Waals surface area contributed by atoms with Gasteiger partial charge in [0.2, 0.25) is 17.7 Å². The number of halogens is 5. The molecule has 12 aromatic carbocycles. The molecule has 0 saturated carbocycles. The van der Waals surface area contributed by atoms with E-state index in [1.54, 1.807) is 167 Å². The van der Waals surface area contributed by atoms with Gasteiger partial charge >= 0.3 is 17.1 Å². The van der Waals surface area contributed by atoms with Crippen molar-refractivity contribution in [3.8, 4) is 83.8 Å². The summed E-state index contributed by atoms with van der Waals surface area (Å²) in [6, 6.07) is 46.1. The van der Waals surface area contributed by atoms with Gasteiger partial charge in [0.05, 0.1) is 66.6 Å². The van der Waals surface area contributed by atoms with Crippen LogP contribution in [0.4, 0.5) is 17.6 Å². The van der Waals surface area contributed by atoms with Crippen LogP contribution in [-0.4, -0.2) is 61.7 Å². The summed E-state index contributed by atoms with van der Waals surface area (Å²) in [6.45, 7) is 20.5. The van der Waals surface area contributed by atoms with Gasteiger partial charge in [0, 0.05) is 38.4 Å². The number of H-pyrrole nitrogens is 3. The van der Waals surface area contributed by atoms with Gasteiger partial charge in [-0.2, -0.15) is 0 Å². The number of amides is 3. The number of hydrogen-bond acceptors (Lipinski definition) is 12. The second-order valence-electron chi connectivity index (χ2n) is 33.8. The Balaban J connectivity index is 0.000000138. The molecule has 3 aromatic heterocycles. The third-order valence-electron chi connectivity index (χ3n) is 24.0. The second-order valence-corrected chi connectivity index (χ2v) is 34.2. The van der Waals surface area contributed by atoms with Crippen molar-refractivity contribution < 1.29 is 47.3 Å². The third-order valence-corrected chi connectivity index (χ3v) is 24.3. The number of nitrogens with two attached hydrogens (primary N) is 3. The van der Waals surface area contributed by atoms with Crippen LogP contribution in [0, 0.1) is 64.8 Å². The zero-order chi connectivity index (χ0) is 89.9. The standard InChI is InChI=1S/C33H27ClFN3O4.C33H27F2N3O4.C33H28FN3O4/c2*1-15-10-23-29(25(35)11-15)37-32(41)38(31(23)40)26-7-5-6-19(16(26)2)28-24(34)14-22(30(36)39)21-13-17-12-18(33(3,4)42)8-9-20(17)27(21)28;1-16-8-10-22-26(12-16)36-32(40)37(31(22)39)27-7-5-6-20(17(27)2)29-25(34)15-24(30(35)38)23-14-18-13-19(33(3,4)41)9-11-21(18)28(23)29/h2*5-12,14,42H,13H2,1-4H3,(H2,36,39)(H,37,41);5-13,15,41H,14H2,1-4H3,(H2,35,38)(H,36,40). The molecule has 26 heteroatoms. The van der Waals surface area contributed by atoms with Gasteiger partial charge in [-0.3, -0.25) is 28.8 Å². The minimum absolute atomic E-state index is 0.00586. The van der Waals surface area contributed by atoms with Crippen LogP contribution in [0.15, 0.2) is 199 Å². The van der Waals surface area contributed by atoms with Gasteiger partial charge in [-0.25, -0.2) is 45.6 Å². The van der Waals surface area contributed by atoms with Crippen LogP contribution in [0.3, 0.4) is 0 Å². The number of nitrogens with one attached hydrogen (secondary N) is 3. The van der Waals surface area contributed by atoms with Crippen molar-refractivity contribution in [2.75, 3.05) is 0 Å². The van der Waals surface area contributed by atoms with Crippen molar-refractivity contribution in [3.63, 3.8) is 0 Å². The number of aliphatic hydroxyl groups is 3. The molecule has 18 rings (SSSR count). The van der Waals surface area contributed by atoms with E-state index in [4.69, 9.17) is 28.8 Å². The first-order valence-corrected chi connectivity index (χ1v) is 40.3. The quantitative estimate of drug-likeness (QED) is 0.0516. The molecule has 0 aliphatic heterocycles. The molecule has 3 aliphatic rings. The predicted molar refractivity (Wildman–Crippen MR) is 476 cm³/mol. The number of rotatable bonds is 12. The van der Waals surface area contributed by atoms with E-state index in [9.17, 15) is 67.3 Å². The molecule has 0 radical (unpaired) electrons. The molecule has 12 N–H and O–H groups in total. The van der Waals surface area contributed by atoms with Crippen molar-refractivity contribution in [1.82, 2.24) is 28.7 Å². The molecule has 0 fully saturated rings. The molecule has 0 atom stereocenters. The number of carbonyl (C=O) groups excluding carboxylic acids is 3. The average molecular weight is 1700 g/mol. The molecular formula is C99H82ClF4N9O12. The highest BCUT2D eigenvalue weighted by molar-refractivity contribution is 6.35. The Kier molecular flexibility index (Phi) is 20.7. The molecule has 21 nitrogen and oxygen atoms in total. The molecule has 3 aliphatic carbocycles. The fourth-order valence-corrected chi connectivity index (χ4v) is 18.2. The van der Waals surface area contributed by atoms with Crippen LogP contribution < -0.4 is 50.9 Å². The molecular weight excluding hydrogens is 1620 g/mol. The third kappa shape index (κ3) is 14.4. The van der Waals surface area contributed by atoms with Gasteiger partial charge in [-0.05, 0) is 309 Å². The van der Waals surface area contributed by atoms with E-state index in [2.05, 4.69) is 15.0 Å². The highest BCUT2D eigenvalue weighted by Crippen LogP contribution is 2.53. The van der Waals surface area contributed by atoms with E-state index in [-0.39, 0.29) is 54.8 Å². The van der Waals surface area contributed by atoms with E-state index in [0.29, 0.717) is 142 Å². The number of carbonyl (C=O) groups is 3. The number of fused-ring (bicyclic) bond motifs is 12. The minimum Gasteiger partial charge on any atom is -0.386 e. The Labute approximate surface area is 715 Å². The van der Waals surface area contributed by atoms with Crippen molar-refractivity contribution in [3.05, 3.63) is 361 Å². The fourth-order valence-electron chi connectivity index (χ4n) is 17.9. The summed E-state index contributed by atoms with van der Waals surface area (Å²) in [5.41, 5.74) is 27.7. The summed E-state index contributed by atoms with van der Waals surface area (Å²) < 4.78 is 64.3. The molecule has 0 spiro atoms. The highest BCUT2D eigenvalue weighted by atomic mass is 35.5. The fraction of sp³-hybridized carbons (Fsp3) is 0.182. The Bertz CT molecular complexity index is 7440. The summed E-state index contributed by atoms with van der Waals surface area (Å²) in [7, 11) is 0. The van der Waals surface area contributed by atoms with Gasteiger partial charge in [-0.1, -0.05) is 109 Å². The summed E-state index contributed by atoms with van der Waals surface area (Å²) in [5, 5.41) is 32.4. The first-order chi connectivity index (χ1) is 58.9. The molecule has 0 saturated heterocycles. The lowest BCUT2D eigenvalue weighted by atomic mass is 9.88. The Morgan fingerprint density at radius 3 is 1.04 bits per heavy atom. The van der Waals surface area contributed by atoms with Gasteiger partial charge in [0.25, 0.3) is 16.7 Å². The maximum Gasteiger partial charge on any atom is 0.333 e. The summed E-state index contributed by atoms with van der Waals surface area (Å²) >= 11 is 6.88. The average Bonchev–Trinajstić information content (AvgIpc) is 1.62. The van der Waals surface area contributed by atoms with Gasteiger partial charge in [0.1, 0.15) is 23.3 Å². The van der Waals surface area contributed by atoms with Crippen molar-refractivity contribution >= 4 is 62.0 Å². The maximum absolute atomic E-state index is 16.1. The zero-order valence-electron chi connectivity index (χ0n) is 69.8. The van der Waals surface area contributed by atoms with Crippen molar-refractivity contribution in [2.45, 2.75) is 119 Å². The normalized spacial score (nSPS) is 12.4. The van der Waals surface area contributed by atoms with Crippen LogP contribution in [0.2, 0.25) is 5.02 Å². The summed E-state index contributed by atoms with van der Waals surface area (Å²) in [4.78, 5) is 125. The lowest BCUT2D eigenvalue weighted by molar-refractivity contribution is 0.0780. The molecule has 3 amide bonds. The lowest BCUT2D eigenvalue weighted by Crippen LogP contribution is -2.34. The van der Waals surface area contributed by atoms with E-state index in [1.165, 1.54) is 24.3 Å². The number of aromatic amines is 3. The second kappa shape index (κ2) is 30.7. The Hall–Kier alpha value is -14.2. The maximum atomic E-state index is 16.1. The van der Waals surface area contributed by atoms with Gasteiger partial charge < -0.3 is 47.5 Å². The van der Waals surface area contributed by atoms with E-state index < -0.39 is 91.5 Å². The first-order valence-electron chi connectivity index (χ1n) is 39.9. The van der Waals surface area contributed by atoms with Crippen LogP contribution >= 0.6 is 11.6 Å². The number of primary amides is 3. The van der Waals surface area contributed by atoms with E-state index in [1.807, 2.05) is 49.4 Å². The smallest absolute Gasteiger partial charge is 0.333 e. The number of aromatic nitrogens is 6. The minimum atomic E-state index is -1.11. The van der Waals surface area contributed by atoms with E-state index >= 15 is 8.78 Å². The van der Waals surface area contributed by atoms with Crippen LogP contribution in [0.25, 0.3) is 117 Å². The first kappa shape index (κ1) is 84.4. The molecule has 0 bridgehead atoms. The molecule has 15 aromatic rings. The number of nitrogens with zero attached hydrogens (tertiary/aromatic N) is 3. The zero-order valence-corrected chi connectivity index (χ0v) is 70.5. The van der Waals surface area contributed by atoms with Gasteiger partial charge in [0.15, 0.2) is 0 Å². The Morgan fingerprint density at radius 2 is 0.688 bits per heavy atom. The molecule has 630 valence electrons.